The highest BCUT2D eigenvalue weighted by Crippen LogP contribution is 2.26. The third-order valence-corrected chi connectivity index (χ3v) is 3.24. The van der Waals surface area contributed by atoms with Crippen molar-refractivity contribution in [3.05, 3.63) is 0 Å². The Hall–Kier alpha value is -1.30. The molecule has 0 aromatic heterocycles. The van der Waals surface area contributed by atoms with Gasteiger partial charge in [0.25, 0.3) is 0 Å². The van der Waals surface area contributed by atoms with Crippen molar-refractivity contribution in [1.82, 2.24) is 15.5 Å². The first-order valence-corrected chi connectivity index (χ1v) is 6.78. The van der Waals surface area contributed by atoms with Gasteiger partial charge in [-0.3, -0.25) is 4.79 Å². The zero-order valence-corrected chi connectivity index (χ0v) is 12.2. The number of nitrogens with zero attached hydrogens (tertiary/aromatic N) is 1. The van der Waals surface area contributed by atoms with Gasteiger partial charge in [0, 0.05) is 33.8 Å². The Morgan fingerprint density at radius 3 is 2.47 bits per heavy atom. The number of nitrogens with one attached hydrogen (secondary N) is 2. The first-order valence-electron chi connectivity index (χ1n) is 6.78. The van der Waals surface area contributed by atoms with Crippen LogP contribution < -0.4 is 10.6 Å². The monoisotopic (exact) mass is 271 g/mol. The quantitative estimate of drug-likeness (QED) is 0.713. The summed E-state index contributed by atoms with van der Waals surface area (Å²) in [5.74, 6) is 0.298. The second-order valence-electron chi connectivity index (χ2n) is 5.39. The van der Waals surface area contributed by atoms with Gasteiger partial charge in [-0.1, -0.05) is 13.8 Å². The molecular weight excluding hydrogens is 246 g/mol. The fourth-order valence-electron chi connectivity index (χ4n) is 2.19. The second kappa shape index (κ2) is 7.33. The molecule has 6 nitrogen and oxygen atoms in total. The summed E-state index contributed by atoms with van der Waals surface area (Å²) in [6.45, 7) is 5.65. The van der Waals surface area contributed by atoms with Gasteiger partial charge < -0.3 is 20.3 Å². The predicted molar refractivity (Wildman–Crippen MR) is 72.8 cm³/mol. The smallest absolute Gasteiger partial charge is 0.316 e. The summed E-state index contributed by atoms with van der Waals surface area (Å²) in [4.78, 5) is 24.8. The molecule has 0 saturated carbocycles. The molecule has 0 radical (unpaired) electrons. The number of hydrogen-bond acceptors (Lipinski definition) is 3. The Labute approximate surface area is 114 Å². The van der Waals surface area contributed by atoms with Crippen LogP contribution in [0.2, 0.25) is 0 Å². The molecule has 0 spiro atoms. The summed E-state index contributed by atoms with van der Waals surface area (Å²) >= 11 is 0. The molecule has 0 aromatic carbocycles. The molecule has 3 amide bonds. The molecule has 1 aliphatic heterocycles. The summed E-state index contributed by atoms with van der Waals surface area (Å²) in [6.07, 6.45) is 0.787. The van der Waals surface area contributed by atoms with Crippen LogP contribution in [-0.4, -0.2) is 56.7 Å². The van der Waals surface area contributed by atoms with Crippen molar-refractivity contribution in [2.75, 3.05) is 33.8 Å². The highest BCUT2D eigenvalue weighted by molar-refractivity contribution is 5.79. The van der Waals surface area contributed by atoms with Gasteiger partial charge in [0.1, 0.15) is 0 Å². The van der Waals surface area contributed by atoms with E-state index in [4.69, 9.17) is 4.74 Å². The number of hydrogen-bond donors (Lipinski definition) is 2. The van der Waals surface area contributed by atoms with E-state index in [0.29, 0.717) is 25.6 Å². The van der Waals surface area contributed by atoms with E-state index in [2.05, 4.69) is 24.5 Å². The highest BCUT2D eigenvalue weighted by atomic mass is 16.5. The SMILES string of the molecule is CC(C)[C@H]1OCC[C@@H]1C(=O)NCCNC(=O)N(C)C. The van der Waals surface area contributed by atoms with Crippen molar-refractivity contribution >= 4 is 11.9 Å². The Kier molecular flexibility index (Phi) is 6.08. The van der Waals surface area contributed by atoms with E-state index in [1.807, 2.05) is 0 Å². The topological polar surface area (TPSA) is 70.7 Å². The molecule has 19 heavy (non-hydrogen) atoms. The number of amides is 3. The van der Waals surface area contributed by atoms with Crippen molar-refractivity contribution in [1.29, 1.82) is 0 Å². The lowest BCUT2D eigenvalue weighted by Crippen LogP contribution is -2.42. The van der Waals surface area contributed by atoms with Crippen molar-refractivity contribution in [2.24, 2.45) is 11.8 Å². The van der Waals surface area contributed by atoms with Crippen molar-refractivity contribution in [3.63, 3.8) is 0 Å². The molecule has 1 aliphatic rings. The second-order valence-corrected chi connectivity index (χ2v) is 5.39. The van der Waals surface area contributed by atoms with Crippen LogP contribution in [0.15, 0.2) is 0 Å². The molecule has 0 aromatic rings. The van der Waals surface area contributed by atoms with Crippen LogP contribution in [0.3, 0.4) is 0 Å². The normalized spacial score (nSPS) is 22.4. The minimum absolute atomic E-state index is 0.0105. The van der Waals surface area contributed by atoms with E-state index in [1.165, 1.54) is 4.90 Å². The summed E-state index contributed by atoms with van der Waals surface area (Å²) in [6, 6.07) is -0.154. The molecule has 6 heteroatoms. The summed E-state index contributed by atoms with van der Waals surface area (Å²) in [7, 11) is 3.36. The molecule has 0 bridgehead atoms. The molecular formula is C13H25N3O3. The molecule has 1 saturated heterocycles. The zero-order chi connectivity index (χ0) is 14.4. The zero-order valence-electron chi connectivity index (χ0n) is 12.2. The first-order chi connectivity index (χ1) is 8.93. The minimum Gasteiger partial charge on any atom is -0.377 e. The average Bonchev–Trinajstić information content (AvgIpc) is 2.83. The fraction of sp³-hybridized carbons (Fsp3) is 0.846. The molecule has 0 aliphatic carbocycles. The van der Waals surface area contributed by atoms with Gasteiger partial charge in [0.2, 0.25) is 5.91 Å². The number of ether oxygens (including phenoxy) is 1. The Morgan fingerprint density at radius 2 is 1.89 bits per heavy atom. The lowest BCUT2D eigenvalue weighted by atomic mass is 9.92. The van der Waals surface area contributed by atoms with Gasteiger partial charge in [-0.15, -0.1) is 0 Å². The first kappa shape index (κ1) is 15.8. The number of urea groups is 1. The van der Waals surface area contributed by atoms with Gasteiger partial charge in [-0.25, -0.2) is 4.79 Å². The lowest BCUT2D eigenvalue weighted by molar-refractivity contribution is -0.127. The maximum atomic E-state index is 12.0. The van der Waals surface area contributed by atoms with E-state index in [9.17, 15) is 9.59 Å². The molecule has 1 fully saturated rings. The van der Waals surface area contributed by atoms with Gasteiger partial charge in [-0.2, -0.15) is 0 Å². The van der Waals surface area contributed by atoms with E-state index in [-0.39, 0.29) is 24.0 Å². The Bertz CT molecular complexity index is 318. The van der Waals surface area contributed by atoms with E-state index >= 15 is 0 Å². The van der Waals surface area contributed by atoms with Crippen LogP contribution in [-0.2, 0) is 9.53 Å². The van der Waals surface area contributed by atoms with E-state index in [0.717, 1.165) is 6.42 Å². The molecule has 2 atom stereocenters. The minimum atomic E-state index is -0.154. The van der Waals surface area contributed by atoms with Gasteiger partial charge >= 0.3 is 6.03 Å². The van der Waals surface area contributed by atoms with E-state index in [1.54, 1.807) is 14.1 Å². The van der Waals surface area contributed by atoms with E-state index < -0.39 is 0 Å². The number of carbonyl (C=O) groups excluding carboxylic acids is 2. The summed E-state index contributed by atoms with van der Waals surface area (Å²) in [5, 5.41) is 5.55. The largest absolute Gasteiger partial charge is 0.377 e. The fourth-order valence-corrected chi connectivity index (χ4v) is 2.19. The third-order valence-electron chi connectivity index (χ3n) is 3.24. The highest BCUT2D eigenvalue weighted by Gasteiger charge is 2.35. The predicted octanol–water partition coefficient (Wildman–Crippen LogP) is 0.435. The number of rotatable bonds is 5. The van der Waals surface area contributed by atoms with Crippen LogP contribution in [0.4, 0.5) is 4.79 Å². The van der Waals surface area contributed by atoms with Gasteiger partial charge in [0.05, 0.1) is 12.0 Å². The summed E-state index contributed by atoms with van der Waals surface area (Å²) < 4.78 is 5.59. The maximum absolute atomic E-state index is 12.0. The van der Waals surface area contributed by atoms with Crippen LogP contribution in [0.1, 0.15) is 20.3 Å². The average molecular weight is 271 g/mol. The Morgan fingerprint density at radius 1 is 1.26 bits per heavy atom. The van der Waals surface area contributed by atoms with Gasteiger partial charge in [0.15, 0.2) is 0 Å². The molecule has 2 N–H and O–H groups in total. The van der Waals surface area contributed by atoms with Gasteiger partial charge in [-0.05, 0) is 12.3 Å². The van der Waals surface area contributed by atoms with Crippen LogP contribution in [0.25, 0.3) is 0 Å². The maximum Gasteiger partial charge on any atom is 0.316 e. The molecule has 1 rings (SSSR count). The lowest BCUT2D eigenvalue weighted by Gasteiger charge is -2.21. The van der Waals surface area contributed by atoms with Crippen LogP contribution in [0, 0.1) is 11.8 Å². The molecule has 110 valence electrons. The van der Waals surface area contributed by atoms with Crippen molar-refractivity contribution < 1.29 is 14.3 Å². The van der Waals surface area contributed by atoms with Crippen LogP contribution in [0.5, 0.6) is 0 Å². The van der Waals surface area contributed by atoms with Crippen LogP contribution >= 0.6 is 0 Å². The standard InChI is InChI=1S/C13H25N3O3/c1-9(2)11-10(5-8-19-11)12(17)14-6-7-15-13(18)16(3)4/h9-11H,5-8H2,1-4H3,(H,14,17)(H,15,18)/t10-,11+/m0/s1. The molecule has 1 heterocycles. The third kappa shape index (κ3) is 4.70. The van der Waals surface area contributed by atoms with Crippen molar-refractivity contribution in [2.45, 2.75) is 26.4 Å². The summed E-state index contributed by atoms with van der Waals surface area (Å²) in [5.41, 5.74) is 0. The van der Waals surface area contributed by atoms with Crippen molar-refractivity contribution in [3.8, 4) is 0 Å². The Balaban J connectivity index is 2.26. The number of carbonyl (C=O) groups is 2. The molecule has 0 unspecified atom stereocenters.